The molecule has 2 unspecified atom stereocenters. The lowest BCUT2D eigenvalue weighted by atomic mass is 9.98. The van der Waals surface area contributed by atoms with Crippen molar-refractivity contribution in [2.45, 2.75) is 64.0 Å². The average Bonchev–Trinajstić information content (AvgIpc) is 2.59. The summed E-state index contributed by atoms with van der Waals surface area (Å²) in [6.07, 6.45) is 7.03. The zero-order valence-corrected chi connectivity index (χ0v) is 12.1. The number of carbonyl (C=O) groups excluding carboxylic acids is 1. The van der Waals surface area contributed by atoms with Gasteiger partial charge in [-0.3, -0.25) is 4.79 Å². The fourth-order valence-corrected chi connectivity index (χ4v) is 2.70. The number of esters is 1. The first-order chi connectivity index (χ1) is 8.51. The van der Waals surface area contributed by atoms with Gasteiger partial charge in [-0.1, -0.05) is 19.8 Å². The van der Waals surface area contributed by atoms with Crippen molar-refractivity contribution >= 4 is 5.97 Å². The average molecular weight is 256 g/mol. The Morgan fingerprint density at radius 3 is 2.78 bits per heavy atom. The molecule has 1 heterocycles. The third-order valence-corrected chi connectivity index (χ3v) is 4.04. The highest BCUT2D eigenvalue weighted by atomic mass is 16.5. The molecular formula is C14H28N2O2. The van der Waals surface area contributed by atoms with Crippen molar-refractivity contribution in [2.24, 2.45) is 5.73 Å². The third-order valence-electron chi connectivity index (χ3n) is 4.04. The van der Waals surface area contributed by atoms with E-state index in [9.17, 15) is 4.79 Å². The van der Waals surface area contributed by atoms with Crippen LogP contribution in [0.4, 0.5) is 0 Å². The van der Waals surface area contributed by atoms with Gasteiger partial charge in [0.05, 0.1) is 7.11 Å². The van der Waals surface area contributed by atoms with Crippen LogP contribution in [0.25, 0.3) is 0 Å². The molecule has 1 aliphatic rings. The summed E-state index contributed by atoms with van der Waals surface area (Å²) >= 11 is 0. The largest absolute Gasteiger partial charge is 0.468 e. The van der Waals surface area contributed by atoms with Gasteiger partial charge in [-0.05, 0) is 39.2 Å². The number of nitrogens with zero attached hydrogens (tertiary/aromatic N) is 1. The van der Waals surface area contributed by atoms with Crippen LogP contribution >= 0.6 is 0 Å². The van der Waals surface area contributed by atoms with Crippen LogP contribution in [0.15, 0.2) is 0 Å². The van der Waals surface area contributed by atoms with Gasteiger partial charge in [-0.25, -0.2) is 0 Å². The normalized spacial score (nSPS) is 25.2. The van der Waals surface area contributed by atoms with Gasteiger partial charge in [0.1, 0.15) is 5.54 Å². The van der Waals surface area contributed by atoms with Crippen LogP contribution in [0.2, 0.25) is 0 Å². The number of hydrogen-bond acceptors (Lipinski definition) is 4. The van der Waals surface area contributed by atoms with E-state index in [2.05, 4.69) is 11.8 Å². The molecule has 1 rings (SSSR count). The molecule has 1 saturated heterocycles. The zero-order valence-electron chi connectivity index (χ0n) is 12.1. The van der Waals surface area contributed by atoms with Gasteiger partial charge in [0.15, 0.2) is 0 Å². The molecule has 0 bridgehead atoms. The molecule has 0 radical (unpaired) electrons. The highest BCUT2D eigenvalue weighted by molar-refractivity contribution is 5.79. The first-order valence-corrected chi connectivity index (χ1v) is 7.12. The number of carbonyl (C=O) groups is 1. The summed E-state index contributed by atoms with van der Waals surface area (Å²) in [7, 11) is 1.40. The Balaban J connectivity index is 2.51. The van der Waals surface area contributed by atoms with E-state index in [4.69, 9.17) is 10.5 Å². The molecule has 0 spiro atoms. The van der Waals surface area contributed by atoms with Crippen molar-refractivity contribution in [3.8, 4) is 0 Å². The molecule has 0 aromatic carbocycles. The number of nitrogens with two attached hydrogens (primary N) is 1. The summed E-state index contributed by atoms with van der Waals surface area (Å²) in [5.41, 5.74) is 5.15. The van der Waals surface area contributed by atoms with Crippen LogP contribution < -0.4 is 5.73 Å². The van der Waals surface area contributed by atoms with Gasteiger partial charge < -0.3 is 15.4 Å². The Morgan fingerprint density at radius 2 is 2.17 bits per heavy atom. The Morgan fingerprint density at radius 1 is 1.44 bits per heavy atom. The monoisotopic (exact) mass is 256 g/mol. The maximum Gasteiger partial charge on any atom is 0.325 e. The summed E-state index contributed by atoms with van der Waals surface area (Å²) in [6.45, 7) is 6.03. The lowest BCUT2D eigenvalue weighted by molar-refractivity contribution is -0.146. The van der Waals surface area contributed by atoms with Crippen LogP contribution in [0, 0.1) is 0 Å². The number of rotatable bonds is 5. The molecule has 0 amide bonds. The summed E-state index contributed by atoms with van der Waals surface area (Å²) < 4.78 is 4.75. The van der Waals surface area contributed by atoms with Gasteiger partial charge in [-0.2, -0.15) is 0 Å². The highest BCUT2D eigenvalue weighted by Gasteiger charge is 2.31. The Hall–Kier alpha value is -0.610. The highest BCUT2D eigenvalue weighted by Crippen LogP contribution is 2.20. The van der Waals surface area contributed by atoms with E-state index in [1.807, 2.05) is 0 Å². The second-order valence-corrected chi connectivity index (χ2v) is 5.61. The molecule has 1 fully saturated rings. The van der Waals surface area contributed by atoms with Gasteiger partial charge in [0.25, 0.3) is 0 Å². The summed E-state index contributed by atoms with van der Waals surface area (Å²) in [6, 6.07) is 0.654. The molecule has 2 N–H and O–H groups in total. The maximum absolute atomic E-state index is 11.6. The van der Waals surface area contributed by atoms with Crippen molar-refractivity contribution in [3.05, 3.63) is 0 Å². The van der Waals surface area contributed by atoms with E-state index in [0.717, 1.165) is 13.1 Å². The predicted octanol–water partition coefficient (Wildman–Crippen LogP) is 1.92. The van der Waals surface area contributed by atoms with Crippen LogP contribution in [-0.2, 0) is 9.53 Å². The van der Waals surface area contributed by atoms with Crippen LogP contribution in [0.3, 0.4) is 0 Å². The van der Waals surface area contributed by atoms with Crippen LogP contribution in [0.1, 0.15) is 52.4 Å². The maximum atomic E-state index is 11.6. The lowest BCUT2D eigenvalue weighted by Crippen LogP contribution is -2.49. The molecule has 4 nitrogen and oxygen atoms in total. The molecule has 0 aromatic heterocycles. The standard InChI is InChI=1S/C14H28N2O2/c1-4-12-8-6-5-7-10-16(12)11-9-14(2,15)13(17)18-3/h12H,4-11,15H2,1-3H3. The van der Waals surface area contributed by atoms with Crippen molar-refractivity contribution in [1.82, 2.24) is 4.90 Å². The summed E-state index contributed by atoms with van der Waals surface area (Å²) in [4.78, 5) is 14.1. The number of methoxy groups -OCH3 is 1. The number of ether oxygens (including phenoxy) is 1. The van der Waals surface area contributed by atoms with Gasteiger partial charge in [0, 0.05) is 12.6 Å². The molecule has 2 atom stereocenters. The molecule has 0 saturated carbocycles. The SMILES string of the molecule is CCC1CCCCCN1CCC(C)(N)C(=O)OC. The molecule has 18 heavy (non-hydrogen) atoms. The first-order valence-electron chi connectivity index (χ1n) is 7.12. The van der Waals surface area contributed by atoms with E-state index in [-0.39, 0.29) is 5.97 Å². The van der Waals surface area contributed by atoms with Gasteiger partial charge >= 0.3 is 5.97 Å². The smallest absolute Gasteiger partial charge is 0.325 e. The van der Waals surface area contributed by atoms with E-state index in [1.54, 1.807) is 6.92 Å². The predicted molar refractivity (Wildman–Crippen MR) is 73.3 cm³/mol. The van der Waals surface area contributed by atoms with Gasteiger partial charge in [-0.15, -0.1) is 0 Å². The minimum Gasteiger partial charge on any atom is -0.468 e. The fraction of sp³-hybridized carbons (Fsp3) is 0.929. The van der Waals surface area contributed by atoms with Crippen molar-refractivity contribution in [1.29, 1.82) is 0 Å². The fourth-order valence-electron chi connectivity index (χ4n) is 2.70. The Labute approximate surface area is 111 Å². The van der Waals surface area contributed by atoms with E-state index < -0.39 is 5.54 Å². The van der Waals surface area contributed by atoms with E-state index in [0.29, 0.717) is 12.5 Å². The minimum atomic E-state index is -0.862. The molecule has 106 valence electrons. The molecule has 1 aliphatic heterocycles. The summed E-state index contributed by atoms with van der Waals surface area (Å²) in [5.74, 6) is -0.314. The minimum absolute atomic E-state index is 0.314. The van der Waals surface area contributed by atoms with Crippen molar-refractivity contribution < 1.29 is 9.53 Å². The quantitative estimate of drug-likeness (QED) is 0.764. The Kier molecular flexibility index (Phi) is 6.09. The Bertz CT molecular complexity index is 267. The summed E-state index contributed by atoms with van der Waals surface area (Å²) in [5, 5.41) is 0. The topological polar surface area (TPSA) is 55.6 Å². The molecule has 4 heteroatoms. The van der Waals surface area contributed by atoms with Gasteiger partial charge in [0.2, 0.25) is 0 Å². The first kappa shape index (κ1) is 15.4. The van der Waals surface area contributed by atoms with Crippen LogP contribution in [-0.4, -0.2) is 42.6 Å². The second-order valence-electron chi connectivity index (χ2n) is 5.61. The van der Waals surface area contributed by atoms with Crippen molar-refractivity contribution in [2.75, 3.05) is 20.2 Å². The second kappa shape index (κ2) is 7.10. The lowest BCUT2D eigenvalue weighted by Gasteiger charge is -2.32. The number of hydrogen-bond donors (Lipinski definition) is 1. The zero-order chi connectivity index (χ0) is 13.6. The van der Waals surface area contributed by atoms with Crippen molar-refractivity contribution in [3.63, 3.8) is 0 Å². The third kappa shape index (κ3) is 4.25. The molecule has 0 aromatic rings. The van der Waals surface area contributed by atoms with E-state index >= 15 is 0 Å². The van der Waals surface area contributed by atoms with Crippen LogP contribution in [0.5, 0.6) is 0 Å². The number of likely N-dealkylation sites (tertiary alicyclic amines) is 1. The van der Waals surface area contributed by atoms with E-state index in [1.165, 1.54) is 39.2 Å². The molecule has 0 aliphatic carbocycles. The molecular weight excluding hydrogens is 228 g/mol.